The molecule has 52 heavy (non-hydrogen) atoms. The summed E-state index contributed by atoms with van der Waals surface area (Å²) in [6, 6.07) is 0. The molecule has 0 saturated heterocycles. The van der Waals surface area contributed by atoms with Gasteiger partial charge in [-0.1, -0.05) is 163 Å². The Balaban J connectivity index is 4.12. The van der Waals surface area contributed by atoms with E-state index in [1.807, 2.05) is 0 Å². The highest BCUT2D eigenvalue weighted by Crippen LogP contribution is 2.18. The van der Waals surface area contributed by atoms with Crippen molar-refractivity contribution in [1.29, 1.82) is 0 Å². The molecule has 0 aliphatic rings. The quantitative estimate of drug-likeness (QED) is 0.0493. The number of rotatable bonds is 41. The van der Waals surface area contributed by atoms with Gasteiger partial charge in [-0.25, -0.2) is 4.79 Å². The standard InChI is InChI=1S/C45H90N2O5/c1-5-8-11-14-17-24-31-38-50-45(49)51-39-32-25-23-30-37-47(41-42(4)40-46)36-29-22-18-21-28-35-44(48)52-43(33-26-19-15-12-9-6-2)34-27-20-16-13-10-7-3/h42-43H,5-41,46H2,1-4H3. The number of nitrogens with zero attached hydrogens (tertiary/aromatic N) is 1. The van der Waals surface area contributed by atoms with E-state index in [2.05, 4.69) is 32.6 Å². The molecule has 0 amide bonds. The Morgan fingerprint density at radius 1 is 0.519 bits per heavy atom. The summed E-state index contributed by atoms with van der Waals surface area (Å²) in [7, 11) is 0. The lowest BCUT2D eigenvalue weighted by molar-refractivity contribution is -0.150. The fraction of sp³-hybridized carbons (Fsp3) is 0.956. The zero-order chi connectivity index (χ0) is 38.2. The van der Waals surface area contributed by atoms with Crippen LogP contribution in [0.1, 0.15) is 227 Å². The van der Waals surface area contributed by atoms with Crippen LogP contribution in [0.2, 0.25) is 0 Å². The monoisotopic (exact) mass is 739 g/mol. The Hall–Kier alpha value is -1.34. The summed E-state index contributed by atoms with van der Waals surface area (Å²) < 4.78 is 16.5. The van der Waals surface area contributed by atoms with E-state index in [0.717, 1.165) is 90.4 Å². The molecule has 7 heteroatoms. The number of hydrogen-bond donors (Lipinski definition) is 1. The number of unbranched alkanes of at least 4 members (excludes halogenated alkanes) is 23. The molecule has 0 fully saturated rings. The first-order valence-electron chi connectivity index (χ1n) is 22.9. The SMILES string of the molecule is CCCCCCCCCOC(=O)OCCCCCCN(CCCCCCCC(=O)OC(CCCCCCCC)CCCCCCCC)CC(C)CN. The second-order valence-electron chi connectivity index (χ2n) is 15.9. The van der Waals surface area contributed by atoms with Gasteiger partial charge < -0.3 is 24.8 Å². The van der Waals surface area contributed by atoms with Crippen LogP contribution in [-0.4, -0.2) is 62.5 Å². The first-order valence-corrected chi connectivity index (χ1v) is 22.9. The zero-order valence-electron chi connectivity index (χ0n) is 35.4. The number of nitrogens with two attached hydrogens (primary N) is 1. The molecule has 7 nitrogen and oxygen atoms in total. The van der Waals surface area contributed by atoms with Crippen molar-refractivity contribution in [2.75, 3.05) is 39.4 Å². The highest BCUT2D eigenvalue weighted by atomic mass is 16.7. The van der Waals surface area contributed by atoms with Crippen LogP contribution in [0.25, 0.3) is 0 Å². The minimum atomic E-state index is -0.515. The van der Waals surface area contributed by atoms with Crippen LogP contribution in [0.3, 0.4) is 0 Å². The summed E-state index contributed by atoms with van der Waals surface area (Å²) >= 11 is 0. The minimum absolute atomic E-state index is 0.0224. The first-order chi connectivity index (χ1) is 25.5. The van der Waals surface area contributed by atoms with Gasteiger partial charge in [0.2, 0.25) is 0 Å². The van der Waals surface area contributed by atoms with E-state index in [0.29, 0.717) is 25.6 Å². The average Bonchev–Trinajstić information content (AvgIpc) is 3.14. The molecule has 0 aliphatic heterocycles. The fourth-order valence-corrected chi connectivity index (χ4v) is 6.96. The predicted octanol–water partition coefficient (Wildman–Crippen LogP) is 13.1. The van der Waals surface area contributed by atoms with Crippen molar-refractivity contribution in [2.45, 2.75) is 233 Å². The molecule has 0 aromatic rings. The summed E-state index contributed by atoms with van der Waals surface area (Å²) in [5.41, 5.74) is 5.96. The molecule has 1 unspecified atom stereocenters. The van der Waals surface area contributed by atoms with Crippen LogP contribution in [0.5, 0.6) is 0 Å². The lowest BCUT2D eigenvalue weighted by Crippen LogP contribution is -2.33. The Morgan fingerprint density at radius 3 is 1.35 bits per heavy atom. The molecule has 1 atom stereocenters. The summed E-state index contributed by atoms with van der Waals surface area (Å²) in [4.78, 5) is 27.2. The number of carbonyl (C=O) groups excluding carboxylic acids is 2. The van der Waals surface area contributed by atoms with Gasteiger partial charge in [0.1, 0.15) is 6.10 Å². The molecule has 0 spiro atoms. The minimum Gasteiger partial charge on any atom is -0.462 e. The molecule has 2 N–H and O–H groups in total. The Morgan fingerprint density at radius 2 is 0.904 bits per heavy atom. The summed E-state index contributed by atoms with van der Waals surface area (Å²) in [6.07, 6.45) is 36.0. The van der Waals surface area contributed by atoms with Crippen molar-refractivity contribution in [3.8, 4) is 0 Å². The highest BCUT2D eigenvalue weighted by Gasteiger charge is 2.15. The molecular weight excluding hydrogens is 649 g/mol. The molecule has 0 aromatic carbocycles. The Bertz CT molecular complexity index is 735. The van der Waals surface area contributed by atoms with Crippen molar-refractivity contribution >= 4 is 12.1 Å². The molecule has 310 valence electrons. The predicted molar refractivity (Wildman–Crippen MR) is 222 cm³/mol. The number of esters is 1. The summed E-state index contributed by atoms with van der Waals surface area (Å²) in [5, 5.41) is 0. The Labute approximate surface area is 324 Å². The van der Waals surface area contributed by atoms with E-state index in [1.54, 1.807) is 0 Å². The Kier molecular flexibility index (Phi) is 39.8. The maximum atomic E-state index is 12.7. The molecule has 0 saturated carbocycles. The largest absolute Gasteiger partial charge is 0.508 e. The molecule has 0 bridgehead atoms. The van der Waals surface area contributed by atoms with Crippen LogP contribution in [0.15, 0.2) is 0 Å². The zero-order valence-corrected chi connectivity index (χ0v) is 35.4. The van der Waals surface area contributed by atoms with Crippen LogP contribution < -0.4 is 5.73 Å². The van der Waals surface area contributed by atoms with Crippen LogP contribution in [0, 0.1) is 5.92 Å². The molecule has 0 radical (unpaired) electrons. The van der Waals surface area contributed by atoms with Gasteiger partial charge in [-0.3, -0.25) is 4.79 Å². The summed E-state index contributed by atoms with van der Waals surface area (Å²) in [5.74, 6) is 0.520. The normalized spacial score (nSPS) is 12.1. The van der Waals surface area contributed by atoms with E-state index in [1.165, 1.54) is 128 Å². The van der Waals surface area contributed by atoms with Crippen LogP contribution in [-0.2, 0) is 19.0 Å². The first kappa shape index (κ1) is 50.7. The van der Waals surface area contributed by atoms with E-state index in [9.17, 15) is 9.59 Å². The van der Waals surface area contributed by atoms with E-state index < -0.39 is 6.16 Å². The molecular formula is C45H90N2O5. The smallest absolute Gasteiger partial charge is 0.462 e. The third-order valence-electron chi connectivity index (χ3n) is 10.4. The molecule has 0 rings (SSSR count). The average molecular weight is 739 g/mol. The van der Waals surface area contributed by atoms with E-state index >= 15 is 0 Å². The lowest BCUT2D eigenvalue weighted by atomic mass is 10.0. The molecule has 0 aromatic heterocycles. The highest BCUT2D eigenvalue weighted by molar-refractivity contribution is 5.69. The molecule has 0 heterocycles. The number of hydrogen-bond acceptors (Lipinski definition) is 7. The van der Waals surface area contributed by atoms with Crippen molar-refractivity contribution in [1.82, 2.24) is 4.90 Å². The van der Waals surface area contributed by atoms with Gasteiger partial charge in [0.15, 0.2) is 0 Å². The van der Waals surface area contributed by atoms with Gasteiger partial charge in [-0.2, -0.15) is 0 Å². The second kappa shape index (κ2) is 40.8. The van der Waals surface area contributed by atoms with E-state index in [-0.39, 0.29) is 12.1 Å². The van der Waals surface area contributed by atoms with Gasteiger partial charge in [-0.05, 0) is 83.3 Å². The maximum absolute atomic E-state index is 12.7. The van der Waals surface area contributed by atoms with Gasteiger partial charge in [0.05, 0.1) is 13.2 Å². The van der Waals surface area contributed by atoms with Crippen LogP contribution >= 0.6 is 0 Å². The molecule has 0 aliphatic carbocycles. The maximum Gasteiger partial charge on any atom is 0.508 e. The number of ether oxygens (including phenoxy) is 3. The third kappa shape index (κ3) is 37.0. The van der Waals surface area contributed by atoms with Gasteiger partial charge in [-0.15, -0.1) is 0 Å². The topological polar surface area (TPSA) is 91.1 Å². The second-order valence-corrected chi connectivity index (χ2v) is 15.9. The van der Waals surface area contributed by atoms with Crippen molar-refractivity contribution in [3.05, 3.63) is 0 Å². The summed E-state index contributed by atoms with van der Waals surface area (Å²) in [6.45, 7) is 13.9. The van der Waals surface area contributed by atoms with Gasteiger partial charge in [0.25, 0.3) is 0 Å². The number of carbonyl (C=O) groups is 2. The third-order valence-corrected chi connectivity index (χ3v) is 10.4. The fourth-order valence-electron chi connectivity index (χ4n) is 6.96. The van der Waals surface area contributed by atoms with Crippen molar-refractivity contribution < 1.29 is 23.8 Å². The van der Waals surface area contributed by atoms with Crippen LogP contribution in [0.4, 0.5) is 4.79 Å². The van der Waals surface area contributed by atoms with Gasteiger partial charge in [0, 0.05) is 13.0 Å². The van der Waals surface area contributed by atoms with E-state index in [4.69, 9.17) is 19.9 Å². The van der Waals surface area contributed by atoms with Crippen molar-refractivity contribution in [3.63, 3.8) is 0 Å². The lowest BCUT2D eigenvalue weighted by Gasteiger charge is -2.25. The van der Waals surface area contributed by atoms with Gasteiger partial charge >= 0.3 is 12.1 Å². The van der Waals surface area contributed by atoms with Crippen molar-refractivity contribution in [2.24, 2.45) is 11.7 Å².